The normalized spacial score (nSPS) is 14.0. The van der Waals surface area contributed by atoms with E-state index in [9.17, 15) is 0 Å². The first-order chi connectivity index (χ1) is 10.4. The number of nitrogens with zero attached hydrogens (tertiary/aromatic N) is 3. The SMILES string of the molecule is c1ccc(N2CCc3oc(-c4ccccn4)nc3C2)cc1. The van der Waals surface area contributed by atoms with Gasteiger partial charge in [0.15, 0.2) is 0 Å². The number of hydrogen-bond donors (Lipinski definition) is 0. The van der Waals surface area contributed by atoms with Gasteiger partial charge in [0.2, 0.25) is 5.89 Å². The summed E-state index contributed by atoms with van der Waals surface area (Å²) >= 11 is 0. The zero-order valence-corrected chi connectivity index (χ0v) is 11.6. The highest BCUT2D eigenvalue weighted by atomic mass is 16.4. The fourth-order valence-electron chi connectivity index (χ4n) is 2.66. The first kappa shape index (κ1) is 12.1. The highest BCUT2D eigenvalue weighted by molar-refractivity contribution is 5.50. The summed E-state index contributed by atoms with van der Waals surface area (Å²) in [5.74, 6) is 1.61. The molecule has 0 fully saturated rings. The standard InChI is InChI=1S/C17H15N3O/c1-2-6-13(7-3-1)20-11-9-16-15(12-20)19-17(21-16)14-8-4-5-10-18-14/h1-8,10H,9,11-12H2. The molecule has 0 N–H and O–H groups in total. The molecule has 1 aliphatic rings. The van der Waals surface area contributed by atoms with Crippen molar-refractivity contribution in [1.82, 2.24) is 9.97 Å². The molecule has 3 heterocycles. The molecule has 0 spiro atoms. The summed E-state index contributed by atoms with van der Waals surface area (Å²) in [4.78, 5) is 11.3. The van der Waals surface area contributed by atoms with Gasteiger partial charge in [-0.05, 0) is 24.3 Å². The van der Waals surface area contributed by atoms with Gasteiger partial charge >= 0.3 is 0 Å². The minimum Gasteiger partial charge on any atom is -0.439 e. The van der Waals surface area contributed by atoms with Crippen molar-refractivity contribution in [3.05, 3.63) is 66.2 Å². The van der Waals surface area contributed by atoms with Gasteiger partial charge in [0.25, 0.3) is 0 Å². The van der Waals surface area contributed by atoms with E-state index in [1.807, 2.05) is 24.3 Å². The molecule has 0 unspecified atom stereocenters. The molecule has 4 heteroatoms. The Hall–Kier alpha value is -2.62. The molecule has 4 rings (SSSR count). The second-order valence-corrected chi connectivity index (χ2v) is 5.11. The van der Waals surface area contributed by atoms with Crippen molar-refractivity contribution in [2.75, 3.05) is 11.4 Å². The van der Waals surface area contributed by atoms with Crippen LogP contribution >= 0.6 is 0 Å². The van der Waals surface area contributed by atoms with Crippen LogP contribution in [0.4, 0.5) is 5.69 Å². The molecular weight excluding hydrogens is 262 g/mol. The number of fused-ring (bicyclic) bond motifs is 1. The molecule has 0 saturated heterocycles. The van der Waals surface area contributed by atoms with E-state index in [2.05, 4.69) is 39.1 Å². The highest BCUT2D eigenvalue weighted by Gasteiger charge is 2.23. The second-order valence-electron chi connectivity index (χ2n) is 5.11. The first-order valence-electron chi connectivity index (χ1n) is 7.10. The van der Waals surface area contributed by atoms with Gasteiger partial charge in [-0.25, -0.2) is 4.98 Å². The number of pyridine rings is 1. The van der Waals surface area contributed by atoms with Gasteiger partial charge in [0, 0.05) is 24.8 Å². The van der Waals surface area contributed by atoms with Crippen LogP contribution in [0, 0.1) is 0 Å². The predicted molar refractivity (Wildman–Crippen MR) is 80.9 cm³/mol. The maximum atomic E-state index is 5.88. The van der Waals surface area contributed by atoms with Gasteiger partial charge in [-0.2, -0.15) is 0 Å². The van der Waals surface area contributed by atoms with Crippen LogP contribution in [0.1, 0.15) is 11.5 Å². The molecule has 21 heavy (non-hydrogen) atoms. The monoisotopic (exact) mass is 277 g/mol. The van der Waals surface area contributed by atoms with Gasteiger partial charge in [0.1, 0.15) is 17.1 Å². The van der Waals surface area contributed by atoms with Crippen LogP contribution in [0.5, 0.6) is 0 Å². The van der Waals surface area contributed by atoms with E-state index in [1.54, 1.807) is 6.20 Å². The molecule has 0 radical (unpaired) electrons. The maximum absolute atomic E-state index is 5.88. The maximum Gasteiger partial charge on any atom is 0.245 e. The zero-order valence-electron chi connectivity index (χ0n) is 11.6. The molecule has 0 saturated carbocycles. The molecule has 0 bridgehead atoms. The van der Waals surface area contributed by atoms with E-state index in [1.165, 1.54) is 5.69 Å². The van der Waals surface area contributed by atoms with Gasteiger partial charge in [0.05, 0.1) is 6.54 Å². The van der Waals surface area contributed by atoms with E-state index in [0.717, 1.165) is 36.7 Å². The molecule has 1 aliphatic heterocycles. The number of rotatable bonds is 2. The lowest BCUT2D eigenvalue weighted by Gasteiger charge is -2.27. The third-order valence-electron chi connectivity index (χ3n) is 3.73. The fraction of sp³-hybridized carbons (Fsp3) is 0.176. The lowest BCUT2D eigenvalue weighted by atomic mass is 10.1. The van der Waals surface area contributed by atoms with E-state index in [-0.39, 0.29) is 0 Å². The van der Waals surface area contributed by atoms with Crippen molar-refractivity contribution in [1.29, 1.82) is 0 Å². The summed E-state index contributed by atoms with van der Waals surface area (Å²) in [7, 11) is 0. The predicted octanol–water partition coefficient (Wildman–Crippen LogP) is 3.30. The summed E-state index contributed by atoms with van der Waals surface area (Å²) in [6.45, 7) is 1.74. The number of benzene rings is 1. The molecule has 3 aromatic rings. The average Bonchev–Trinajstić information content (AvgIpc) is 2.99. The van der Waals surface area contributed by atoms with E-state index in [4.69, 9.17) is 4.42 Å². The highest BCUT2D eigenvalue weighted by Crippen LogP contribution is 2.27. The van der Waals surface area contributed by atoms with Crippen molar-refractivity contribution < 1.29 is 4.42 Å². The topological polar surface area (TPSA) is 42.2 Å². The largest absolute Gasteiger partial charge is 0.439 e. The minimum absolute atomic E-state index is 0.621. The van der Waals surface area contributed by atoms with Crippen molar-refractivity contribution in [3.8, 4) is 11.6 Å². The van der Waals surface area contributed by atoms with Gasteiger partial charge in [-0.1, -0.05) is 24.3 Å². The molecule has 2 aromatic heterocycles. The van der Waals surface area contributed by atoms with Crippen molar-refractivity contribution in [3.63, 3.8) is 0 Å². The fourth-order valence-corrected chi connectivity index (χ4v) is 2.66. The third-order valence-corrected chi connectivity index (χ3v) is 3.73. The van der Waals surface area contributed by atoms with Crippen molar-refractivity contribution >= 4 is 5.69 Å². The van der Waals surface area contributed by atoms with E-state index >= 15 is 0 Å². The van der Waals surface area contributed by atoms with Gasteiger partial charge in [-0.3, -0.25) is 4.98 Å². The molecule has 104 valence electrons. The smallest absolute Gasteiger partial charge is 0.245 e. The van der Waals surface area contributed by atoms with E-state index < -0.39 is 0 Å². The van der Waals surface area contributed by atoms with Crippen LogP contribution in [0.3, 0.4) is 0 Å². The first-order valence-corrected chi connectivity index (χ1v) is 7.10. The number of aromatic nitrogens is 2. The Labute approximate surface area is 123 Å². The molecular formula is C17H15N3O. The van der Waals surface area contributed by atoms with Crippen molar-refractivity contribution in [2.45, 2.75) is 13.0 Å². The Morgan fingerprint density at radius 1 is 1.00 bits per heavy atom. The Morgan fingerprint density at radius 3 is 2.67 bits per heavy atom. The lowest BCUT2D eigenvalue weighted by molar-refractivity contribution is 0.498. The van der Waals surface area contributed by atoms with Crippen LogP contribution < -0.4 is 4.90 Å². The summed E-state index contributed by atoms with van der Waals surface area (Å²) in [5.41, 5.74) is 3.04. The van der Waals surface area contributed by atoms with Crippen LogP contribution in [0.15, 0.2) is 59.1 Å². The molecule has 0 amide bonds. The number of anilines is 1. The number of oxazole rings is 1. The summed E-state index contributed by atoms with van der Waals surface area (Å²) in [5, 5.41) is 0. The van der Waals surface area contributed by atoms with Crippen LogP contribution in [0.25, 0.3) is 11.6 Å². The quantitative estimate of drug-likeness (QED) is 0.720. The van der Waals surface area contributed by atoms with E-state index in [0.29, 0.717) is 5.89 Å². The summed E-state index contributed by atoms with van der Waals surface area (Å²) in [6, 6.07) is 16.2. The number of hydrogen-bond acceptors (Lipinski definition) is 4. The Morgan fingerprint density at radius 2 is 1.86 bits per heavy atom. The van der Waals surface area contributed by atoms with Gasteiger partial charge in [-0.15, -0.1) is 0 Å². The van der Waals surface area contributed by atoms with Crippen molar-refractivity contribution in [2.24, 2.45) is 0 Å². The Bertz CT molecular complexity index is 737. The molecule has 0 atom stereocenters. The molecule has 0 aliphatic carbocycles. The summed E-state index contributed by atoms with van der Waals surface area (Å²) < 4.78 is 5.88. The second kappa shape index (κ2) is 5.05. The molecule has 4 nitrogen and oxygen atoms in total. The Kier molecular flexibility index (Phi) is 2.92. The number of para-hydroxylation sites is 1. The molecule has 1 aromatic carbocycles. The third kappa shape index (κ3) is 2.29. The van der Waals surface area contributed by atoms with Crippen LogP contribution in [-0.2, 0) is 13.0 Å². The van der Waals surface area contributed by atoms with Crippen LogP contribution in [0.2, 0.25) is 0 Å². The average molecular weight is 277 g/mol. The Balaban J connectivity index is 1.63. The van der Waals surface area contributed by atoms with Crippen LogP contribution in [-0.4, -0.2) is 16.5 Å². The zero-order chi connectivity index (χ0) is 14.1. The lowest BCUT2D eigenvalue weighted by Crippen LogP contribution is -2.29. The van der Waals surface area contributed by atoms with Gasteiger partial charge < -0.3 is 9.32 Å². The summed E-state index contributed by atoms with van der Waals surface area (Å²) in [6.07, 6.45) is 2.64. The minimum atomic E-state index is 0.621.